The van der Waals surface area contributed by atoms with Crippen LogP contribution in [0.4, 0.5) is 19.0 Å². The van der Waals surface area contributed by atoms with Gasteiger partial charge in [0, 0.05) is 12.5 Å². The summed E-state index contributed by atoms with van der Waals surface area (Å²) in [7, 11) is 0. The van der Waals surface area contributed by atoms with Crippen LogP contribution in [0.3, 0.4) is 0 Å². The van der Waals surface area contributed by atoms with Crippen LogP contribution in [0, 0.1) is 6.92 Å². The minimum Gasteiger partial charge on any atom is -0.330 e. The molecule has 2 aromatic rings. The number of anilines is 1. The number of nitrogens with one attached hydrogen (secondary N) is 1. The number of nitrogens with zero attached hydrogens (tertiary/aromatic N) is 2. The Morgan fingerprint density at radius 3 is 2.62 bits per heavy atom. The minimum atomic E-state index is -4.52. The maximum atomic E-state index is 13.2. The predicted octanol–water partition coefficient (Wildman–Crippen LogP) is 3.30. The fourth-order valence-corrected chi connectivity index (χ4v) is 2.14. The highest BCUT2D eigenvalue weighted by Crippen LogP contribution is 2.34. The molecule has 0 aliphatic carbocycles. The molecule has 0 aliphatic rings. The monoisotopic (exact) mass is 362 g/mol. The molecule has 1 heterocycles. The predicted molar refractivity (Wildman–Crippen MR) is 87.5 cm³/mol. The Balaban J connectivity index is 0.00000288. The lowest BCUT2D eigenvalue weighted by molar-refractivity contribution is -0.137. The molecule has 1 amide bonds. The molecule has 5 nitrogen and oxygen atoms in total. The number of carbonyl (C=O) groups excluding carboxylic acids is 1. The Morgan fingerprint density at radius 1 is 1.33 bits per heavy atom. The van der Waals surface area contributed by atoms with Crippen molar-refractivity contribution in [1.29, 1.82) is 0 Å². The molecule has 1 aromatic carbocycles. The third-order valence-corrected chi connectivity index (χ3v) is 3.14. The van der Waals surface area contributed by atoms with Crippen molar-refractivity contribution < 1.29 is 18.0 Å². The molecule has 0 unspecified atom stereocenters. The first-order chi connectivity index (χ1) is 10.8. The Kier molecular flexibility index (Phi) is 6.80. The molecule has 132 valence electrons. The van der Waals surface area contributed by atoms with Gasteiger partial charge < -0.3 is 11.1 Å². The van der Waals surface area contributed by atoms with Crippen molar-refractivity contribution in [1.82, 2.24) is 9.78 Å². The molecule has 2 rings (SSSR count). The normalized spacial score (nSPS) is 11.0. The van der Waals surface area contributed by atoms with Crippen molar-refractivity contribution in [2.45, 2.75) is 25.9 Å². The van der Waals surface area contributed by atoms with Crippen molar-refractivity contribution >= 4 is 24.1 Å². The van der Waals surface area contributed by atoms with E-state index in [2.05, 4.69) is 10.4 Å². The zero-order valence-electron chi connectivity index (χ0n) is 12.9. The standard InChI is InChI=1S/C15H17F3N4O.ClH/c1-10-9-13(20-14(23)7-4-8-19)22(21-10)12-6-3-2-5-11(12)15(16,17)18;/h2-3,5-6,9H,4,7-8,19H2,1H3,(H,20,23);1H. The highest BCUT2D eigenvalue weighted by molar-refractivity contribution is 5.90. The van der Waals surface area contributed by atoms with Crippen molar-refractivity contribution in [3.8, 4) is 5.69 Å². The quantitative estimate of drug-likeness (QED) is 0.857. The third-order valence-electron chi connectivity index (χ3n) is 3.14. The van der Waals surface area contributed by atoms with E-state index in [0.29, 0.717) is 18.7 Å². The van der Waals surface area contributed by atoms with Crippen LogP contribution in [0.25, 0.3) is 5.69 Å². The lowest BCUT2D eigenvalue weighted by Crippen LogP contribution is -2.18. The first kappa shape index (κ1) is 20.0. The number of aryl methyl sites for hydroxylation is 1. The summed E-state index contributed by atoms with van der Waals surface area (Å²) in [5, 5.41) is 6.65. The first-order valence-electron chi connectivity index (χ1n) is 7.06. The molecular weight excluding hydrogens is 345 g/mol. The molecule has 0 saturated carbocycles. The molecule has 0 bridgehead atoms. The second kappa shape index (κ2) is 8.16. The molecule has 1 aromatic heterocycles. The van der Waals surface area contributed by atoms with Gasteiger partial charge in [-0.3, -0.25) is 4.79 Å². The number of carbonyl (C=O) groups is 1. The fourth-order valence-electron chi connectivity index (χ4n) is 2.14. The van der Waals surface area contributed by atoms with E-state index in [1.54, 1.807) is 6.92 Å². The molecule has 0 radical (unpaired) electrons. The number of rotatable bonds is 5. The number of hydrogen-bond donors (Lipinski definition) is 2. The van der Waals surface area contributed by atoms with Gasteiger partial charge in [-0.15, -0.1) is 12.4 Å². The minimum absolute atomic E-state index is 0. The molecule has 9 heteroatoms. The average Bonchev–Trinajstić information content (AvgIpc) is 2.84. The zero-order chi connectivity index (χ0) is 17.0. The number of halogens is 4. The van der Waals surface area contributed by atoms with Gasteiger partial charge in [-0.25, -0.2) is 4.68 Å². The Labute approximate surface area is 143 Å². The number of alkyl halides is 3. The van der Waals surface area contributed by atoms with Crippen LogP contribution in [-0.2, 0) is 11.0 Å². The smallest absolute Gasteiger partial charge is 0.330 e. The van der Waals surface area contributed by atoms with Crippen LogP contribution < -0.4 is 11.1 Å². The van der Waals surface area contributed by atoms with Crippen LogP contribution >= 0.6 is 12.4 Å². The molecule has 0 spiro atoms. The summed E-state index contributed by atoms with van der Waals surface area (Å²) < 4.78 is 40.6. The van der Waals surface area contributed by atoms with E-state index in [-0.39, 0.29) is 36.2 Å². The number of para-hydroxylation sites is 1. The van der Waals surface area contributed by atoms with E-state index < -0.39 is 11.7 Å². The average molecular weight is 363 g/mol. The van der Waals surface area contributed by atoms with Crippen molar-refractivity contribution in [2.24, 2.45) is 5.73 Å². The van der Waals surface area contributed by atoms with Gasteiger partial charge in [-0.1, -0.05) is 12.1 Å². The summed E-state index contributed by atoms with van der Waals surface area (Å²) in [5.41, 5.74) is 4.88. The summed E-state index contributed by atoms with van der Waals surface area (Å²) in [6.45, 7) is 2.00. The van der Waals surface area contributed by atoms with Crippen molar-refractivity contribution in [3.63, 3.8) is 0 Å². The van der Waals surface area contributed by atoms with E-state index in [0.717, 1.165) is 10.7 Å². The number of amides is 1. The highest BCUT2D eigenvalue weighted by atomic mass is 35.5. The van der Waals surface area contributed by atoms with Gasteiger partial charge in [0.2, 0.25) is 5.91 Å². The van der Waals surface area contributed by atoms with Gasteiger partial charge in [-0.05, 0) is 32.0 Å². The molecule has 24 heavy (non-hydrogen) atoms. The van der Waals surface area contributed by atoms with Gasteiger partial charge in [0.05, 0.1) is 16.9 Å². The van der Waals surface area contributed by atoms with Gasteiger partial charge in [0.25, 0.3) is 0 Å². The first-order valence-corrected chi connectivity index (χ1v) is 7.06. The molecule has 0 aliphatic heterocycles. The Bertz CT molecular complexity index is 700. The van der Waals surface area contributed by atoms with E-state index in [1.807, 2.05) is 0 Å². The summed E-state index contributed by atoms with van der Waals surface area (Å²) in [4.78, 5) is 11.8. The van der Waals surface area contributed by atoms with Gasteiger partial charge in [0.1, 0.15) is 5.82 Å². The van der Waals surface area contributed by atoms with Gasteiger partial charge in [-0.2, -0.15) is 18.3 Å². The highest BCUT2D eigenvalue weighted by Gasteiger charge is 2.34. The molecule has 0 atom stereocenters. The second-order valence-corrected chi connectivity index (χ2v) is 5.04. The molecule has 3 N–H and O–H groups in total. The van der Waals surface area contributed by atoms with Crippen molar-refractivity contribution in [2.75, 3.05) is 11.9 Å². The zero-order valence-corrected chi connectivity index (χ0v) is 13.7. The largest absolute Gasteiger partial charge is 0.418 e. The number of nitrogens with two attached hydrogens (primary N) is 1. The van der Waals surface area contributed by atoms with Crippen molar-refractivity contribution in [3.05, 3.63) is 41.6 Å². The van der Waals surface area contributed by atoms with Crippen LogP contribution in [-0.4, -0.2) is 22.2 Å². The lowest BCUT2D eigenvalue weighted by atomic mass is 10.1. The van der Waals surface area contributed by atoms with Gasteiger partial charge in [0.15, 0.2) is 0 Å². The Hall–Kier alpha value is -2.06. The summed E-state index contributed by atoms with van der Waals surface area (Å²) >= 11 is 0. The fraction of sp³-hybridized carbons (Fsp3) is 0.333. The number of benzene rings is 1. The summed E-state index contributed by atoms with van der Waals surface area (Å²) in [6.07, 6.45) is -3.82. The summed E-state index contributed by atoms with van der Waals surface area (Å²) in [5.74, 6) is -0.123. The van der Waals surface area contributed by atoms with Crippen LogP contribution in [0.15, 0.2) is 30.3 Å². The van der Waals surface area contributed by atoms with E-state index in [4.69, 9.17) is 5.73 Å². The third kappa shape index (κ3) is 4.72. The number of hydrogen-bond acceptors (Lipinski definition) is 3. The molecular formula is C15H18ClF3N4O. The summed E-state index contributed by atoms with van der Waals surface area (Å²) in [6, 6.07) is 6.61. The lowest BCUT2D eigenvalue weighted by Gasteiger charge is -2.15. The Morgan fingerprint density at radius 2 is 2.00 bits per heavy atom. The van der Waals surface area contributed by atoms with Crippen LogP contribution in [0.2, 0.25) is 0 Å². The van der Waals surface area contributed by atoms with Crippen LogP contribution in [0.1, 0.15) is 24.1 Å². The van der Waals surface area contributed by atoms with Crippen LogP contribution in [0.5, 0.6) is 0 Å². The maximum absolute atomic E-state index is 13.2. The number of aromatic nitrogens is 2. The molecule has 0 fully saturated rings. The SMILES string of the molecule is Cc1cc(NC(=O)CCCN)n(-c2ccccc2C(F)(F)F)n1.Cl. The van der Waals surface area contributed by atoms with E-state index in [1.165, 1.54) is 24.3 Å². The molecule has 0 saturated heterocycles. The van der Waals surface area contributed by atoms with E-state index >= 15 is 0 Å². The van der Waals surface area contributed by atoms with Gasteiger partial charge >= 0.3 is 6.18 Å². The topological polar surface area (TPSA) is 72.9 Å². The maximum Gasteiger partial charge on any atom is 0.418 e. The second-order valence-electron chi connectivity index (χ2n) is 5.04. The van der Waals surface area contributed by atoms with E-state index in [9.17, 15) is 18.0 Å².